The number of carbonyl (C=O) groups is 1. The normalized spacial score (nSPS) is 12.8. The SMILES string of the molecule is Cn1c(=O)oc2ccc(CC(N)C(=O)O)cc21. The zero-order chi connectivity index (χ0) is 12.6. The molecule has 1 unspecified atom stereocenters. The number of carboxylic acid groups (broad SMARTS) is 1. The largest absolute Gasteiger partial charge is 0.480 e. The van der Waals surface area contributed by atoms with Crippen molar-refractivity contribution in [1.82, 2.24) is 4.57 Å². The molecular weight excluding hydrogens is 224 g/mol. The Balaban J connectivity index is 2.40. The Morgan fingerprint density at radius 2 is 2.29 bits per heavy atom. The van der Waals surface area contributed by atoms with Crippen molar-refractivity contribution in [3.8, 4) is 0 Å². The number of carboxylic acids is 1. The third kappa shape index (κ3) is 2.07. The van der Waals surface area contributed by atoms with Crippen LogP contribution in [0, 0.1) is 0 Å². The molecule has 0 amide bonds. The van der Waals surface area contributed by atoms with Gasteiger partial charge in [-0.15, -0.1) is 0 Å². The Hall–Kier alpha value is -2.08. The molecule has 6 nitrogen and oxygen atoms in total. The van der Waals surface area contributed by atoms with Crippen LogP contribution >= 0.6 is 0 Å². The summed E-state index contributed by atoms with van der Waals surface area (Å²) in [6.45, 7) is 0. The van der Waals surface area contributed by atoms with Crippen LogP contribution in [0.15, 0.2) is 27.4 Å². The zero-order valence-electron chi connectivity index (χ0n) is 9.21. The molecule has 0 saturated carbocycles. The molecular formula is C11H12N2O4. The number of nitrogens with zero attached hydrogens (tertiary/aromatic N) is 1. The van der Waals surface area contributed by atoms with Gasteiger partial charge in [0.15, 0.2) is 5.58 Å². The van der Waals surface area contributed by atoms with Gasteiger partial charge in [0, 0.05) is 7.05 Å². The van der Waals surface area contributed by atoms with E-state index in [0.29, 0.717) is 11.1 Å². The Morgan fingerprint density at radius 1 is 1.59 bits per heavy atom. The number of hydrogen-bond acceptors (Lipinski definition) is 4. The molecule has 0 fully saturated rings. The van der Waals surface area contributed by atoms with Crippen molar-refractivity contribution in [2.24, 2.45) is 12.8 Å². The lowest BCUT2D eigenvalue weighted by Crippen LogP contribution is -2.32. The second-order valence-corrected chi connectivity index (χ2v) is 3.88. The monoisotopic (exact) mass is 236 g/mol. The smallest absolute Gasteiger partial charge is 0.419 e. The maximum Gasteiger partial charge on any atom is 0.419 e. The minimum atomic E-state index is -1.05. The van der Waals surface area contributed by atoms with Gasteiger partial charge < -0.3 is 15.3 Å². The Morgan fingerprint density at radius 3 is 2.94 bits per heavy atom. The van der Waals surface area contributed by atoms with Gasteiger partial charge in [0.1, 0.15) is 6.04 Å². The van der Waals surface area contributed by atoms with Gasteiger partial charge in [-0.25, -0.2) is 4.79 Å². The molecule has 0 aliphatic rings. The summed E-state index contributed by atoms with van der Waals surface area (Å²) in [5, 5.41) is 8.72. The van der Waals surface area contributed by atoms with Gasteiger partial charge in [0.2, 0.25) is 0 Å². The summed E-state index contributed by atoms with van der Waals surface area (Å²) >= 11 is 0. The average Bonchev–Trinajstić information content (AvgIpc) is 2.55. The first-order valence-electron chi connectivity index (χ1n) is 5.06. The van der Waals surface area contributed by atoms with Crippen LogP contribution in [0.25, 0.3) is 11.1 Å². The molecule has 1 atom stereocenters. The van der Waals surface area contributed by atoms with Crippen molar-refractivity contribution in [2.45, 2.75) is 12.5 Å². The number of fused-ring (bicyclic) bond motifs is 1. The summed E-state index contributed by atoms with van der Waals surface area (Å²) in [4.78, 5) is 21.9. The minimum Gasteiger partial charge on any atom is -0.480 e. The van der Waals surface area contributed by atoms with Crippen LogP contribution in [0.2, 0.25) is 0 Å². The number of rotatable bonds is 3. The Kier molecular flexibility index (Phi) is 2.72. The third-order valence-electron chi connectivity index (χ3n) is 2.63. The highest BCUT2D eigenvalue weighted by atomic mass is 16.4. The summed E-state index contributed by atoms with van der Waals surface area (Å²) in [6, 6.07) is 4.11. The van der Waals surface area contributed by atoms with Gasteiger partial charge >= 0.3 is 11.7 Å². The fourth-order valence-corrected chi connectivity index (χ4v) is 1.64. The molecule has 0 aliphatic carbocycles. The van der Waals surface area contributed by atoms with E-state index in [0.717, 1.165) is 5.56 Å². The molecule has 0 saturated heterocycles. The number of hydrogen-bond donors (Lipinski definition) is 2. The highest BCUT2D eigenvalue weighted by Gasteiger charge is 2.13. The number of aliphatic carboxylic acids is 1. The maximum atomic E-state index is 11.3. The number of benzene rings is 1. The van der Waals surface area contributed by atoms with Crippen molar-refractivity contribution in [1.29, 1.82) is 0 Å². The van der Waals surface area contributed by atoms with Crippen LogP contribution in [0.1, 0.15) is 5.56 Å². The van der Waals surface area contributed by atoms with Gasteiger partial charge in [-0.3, -0.25) is 9.36 Å². The van der Waals surface area contributed by atoms with E-state index in [1.54, 1.807) is 25.2 Å². The van der Waals surface area contributed by atoms with E-state index in [1.165, 1.54) is 4.57 Å². The van der Waals surface area contributed by atoms with E-state index in [9.17, 15) is 9.59 Å². The first kappa shape index (κ1) is 11.4. The number of nitrogens with two attached hydrogens (primary N) is 1. The van der Waals surface area contributed by atoms with Crippen molar-refractivity contribution < 1.29 is 14.3 Å². The highest BCUT2D eigenvalue weighted by Crippen LogP contribution is 2.15. The minimum absolute atomic E-state index is 0.213. The van der Waals surface area contributed by atoms with Crippen LogP contribution in [0.4, 0.5) is 0 Å². The number of aromatic nitrogens is 1. The van der Waals surface area contributed by atoms with Crippen molar-refractivity contribution >= 4 is 17.1 Å². The Bertz CT molecular complexity index is 626. The van der Waals surface area contributed by atoms with Crippen LogP contribution in [-0.4, -0.2) is 21.7 Å². The van der Waals surface area contributed by atoms with Crippen LogP contribution in [0.5, 0.6) is 0 Å². The first-order valence-corrected chi connectivity index (χ1v) is 5.06. The molecule has 2 rings (SSSR count). The van der Waals surface area contributed by atoms with Gasteiger partial charge in [-0.2, -0.15) is 0 Å². The van der Waals surface area contributed by atoms with Gasteiger partial charge in [-0.05, 0) is 24.1 Å². The van der Waals surface area contributed by atoms with Crippen molar-refractivity contribution in [2.75, 3.05) is 0 Å². The van der Waals surface area contributed by atoms with E-state index in [1.807, 2.05) is 0 Å². The summed E-state index contributed by atoms with van der Waals surface area (Å²) < 4.78 is 6.33. The molecule has 2 aromatic rings. The zero-order valence-corrected chi connectivity index (χ0v) is 9.21. The predicted molar refractivity (Wildman–Crippen MR) is 60.8 cm³/mol. The van der Waals surface area contributed by atoms with Gasteiger partial charge in [-0.1, -0.05) is 6.07 Å². The molecule has 90 valence electrons. The van der Waals surface area contributed by atoms with Crippen LogP contribution < -0.4 is 11.5 Å². The first-order chi connectivity index (χ1) is 7.99. The van der Waals surface area contributed by atoms with E-state index in [-0.39, 0.29) is 6.42 Å². The number of oxazole rings is 1. The fraction of sp³-hybridized carbons (Fsp3) is 0.273. The van der Waals surface area contributed by atoms with E-state index in [2.05, 4.69) is 0 Å². The second kappa shape index (κ2) is 4.06. The lowest BCUT2D eigenvalue weighted by molar-refractivity contribution is -0.138. The van der Waals surface area contributed by atoms with E-state index in [4.69, 9.17) is 15.3 Å². The lowest BCUT2D eigenvalue weighted by atomic mass is 10.1. The van der Waals surface area contributed by atoms with Crippen molar-refractivity contribution in [3.05, 3.63) is 34.3 Å². The molecule has 0 bridgehead atoms. The van der Waals surface area contributed by atoms with E-state index >= 15 is 0 Å². The van der Waals surface area contributed by atoms with Crippen LogP contribution in [0.3, 0.4) is 0 Å². The second-order valence-electron chi connectivity index (χ2n) is 3.88. The molecule has 1 aromatic heterocycles. The molecule has 0 spiro atoms. The molecule has 0 aliphatic heterocycles. The maximum absolute atomic E-state index is 11.3. The standard InChI is InChI=1S/C11H12N2O4/c1-13-8-5-6(4-7(12)10(14)15)2-3-9(8)17-11(13)16/h2-3,5,7H,4,12H2,1H3,(H,14,15). The molecule has 17 heavy (non-hydrogen) atoms. The summed E-state index contributed by atoms with van der Waals surface area (Å²) in [7, 11) is 1.59. The molecule has 1 heterocycles. The quantitative estimate of drug-likeness (QED) is 0.786. The van der Waals surface area contributed by atoms with Crippen LogP contribution in [-0.2, 0) is 18.3 Å². The molecule has 1 aromatic carbocycles. The summed E-state index contributed by atoms with van der Waals surface area (Å²) in [6.07, 6.45) is 0.213. The van der Waals surface area contributed by atoms with Crippen molar-refractivity contribution in [3.63, 3.8) is 0 Å². The summed E-state index contributed by atoms with van der Waals surface area (Å²) in [5.41, 5.74) is 7.30. The lowest BCUT2D eigenvalue weighted by Gasteiger charge is -2.06. The Labute approximate surface area is 96.3 Å². The molecule has 3 N–H and O–H groups in total. The summed E-state index contributed by atoms with van der Waals surface area (Å²) in [5.74, 6) is -1.49. The predicted octanol–water partition coefficient (Wildman–Crippen LogP) is 0.0859. The molecule has 0 radical (unpaired) electrons. The third-order valence-corrected chi connectivity index (χ3v) is 2.63. The van der Waals surface area contributed by atoms with Gasteiger partial charge in [0.25, 0.3) is 0 Å². The number of aryl methyl sites for hydroxylation is 1. The average molecular weight is 236 g/mol. The van der Waals surface area contributed by atoms with Gasteiger partial charge in [0.05, 0.1) is 5.52 Å². The highest BCUT2D eigenvalue weighted by molar-refractivity contribution is 5.76. The van der Waals surface area contributed by atoms with E-state index < -0.39 is 17.8 Å². The molecule has 6 heteroatoms. The topological polar surface area (TPSA) is 98.5 Å². The fourth-order valence-electron chi connectivity index (χ4n) is 1.64.